The Hall–Kier alpha value is -2.57. The van der Waals surface area contributed by atoms with E-state index in [1.54, 1.807) is 17.0 Å². The van der Waals surface area contributed by atoms with Gasteiger partial charge in [-0.05, 0) is 36.8 Å². The molecular weight excluding hydrogens is 321 g/mol. The lowest BCUT2D eigenvalue weighted by Gasteiger charge is -2.25. The molecule has 128 valence electrons. The number of carbonyl (C=O) groups is 1. The summed E-state index contributed by atoms with van der Waals surface area (Å²) < 4.78 is 43.7. The van der Waals surface area contributed by atoms with Gasteiger partial charge in [-0.3, -0.25) is 0 Å². The van der Waals surface area contributed by atoms with Gasteiger partial charge in [0.15, 0.2) is 0 Å². The number of carbonyl (C=O) groups excluding carboxylic acids is 1. The largest absolute Gasteiger partial charge is 0.465 e. The second-order valence-electron chi connectivity index (χ2n) is 5.07. The summed E-state index contributed by atoms with van der Waals surface area (Å²) in [5, 5.41) is 0. The van der Waals surface area contributed by atoms with Crippen molar-refractivity contribution >= 4 is 17.5 Å². The van der Waals surface area contributed by atoms with Crippen LogP contribution in [-0.2, 0) is 10.9 Å². The van der Waals surface area contributed by atoms with Crippen LogP contribution in [0.1, 0.15) is 29.3 Å². The number of rotatable bonds is 5. The lowest BCUT2D eigenvalue weighted by Crippen LogP contribution is -2.22. The summed E-state index contributed by atoms with van der Waals surface area (Å²) in [5.41, 5.74) is -0.238. The minimum atomic E-state index is -4.44. The molecular formula is C17H17F3N2O2. The maximum Gasteiger partial charge on any atom is 0.416 e. The van der Waals surface area contributed by atoms with Crippen molar-refractivity contribution in [3.05, 3.63) is 53.7 Å². The quantitative estimate of drug-likeness (QED) is 0.756. The van der Waals surface area contributed by atoms with Gasteiger partial charge in [0.2, 0.25) is 0 Å². The number of pyridine rings is 1. The van der Waals surface area contributed by atoms with Crippen molar-refractivity contribution in [1.82, 2.24) is 4.98 Å². The molecule has 2 rings (SSSR count). The molecule has 0 amide bonds. The first-order valence-electron chi connectivity index (χ1n) is 7.36. The van der Waals surface area contributed by atoms with Crippen molar-refractivity contribution in [2.75, 3.05) is 18.6 Å². The van der Waals surface area contributed by atoms with Crippen LogP contribution >= 0.6 is 0 Å². The minimum Gasteiger partial charge on any atom is -0.465 e. The summed E-state index contributed by atoms with van der Waals surface area (Å²) in [6, 6.07) is 8.05. The number of anilines is 2. The zero-order valence-electron chi connectivity index (χ0n) is 13.3. The highest BCUT2D eigenvalue weighted by Gasteiger charge is 2.31. The molecule has 2 aromatic rings. The molecule has 7 heteroatoms. The van der Waals surface area contributed by atoms with Gasteiger partial charge in [-0.15, -0.1) is 0 Å². The lowest BCUT2D eigenvalue weighted by molar-refractivity contribution is -0.137. The van der Waals surface area contributed by atoms with Crippen LogP contribution in [0.3, 0.4) is 0 Å². The fraction of sp³-hybridized carbons (Fsp3) is 0.294. The van der Waals surface area contributed by atoms with E-state index >= 15 is 0 Å². The molecule has 1 aromatic heterocycles. The Morgan fingerprint density at radius 3 is 2.62 bits per heavy atom. The fourth-order valence-corrected chi connectivity index (χ4v) is 2.31. The van der Waals surface area contributed by atoms with Gasteiger partial charge >= 0.3 is 12.1 Å². The van der Waals surface area contributed by atoms with E-state index in [0.29, 0.717) is 18.7 Å². The highest BCUT2D eigenvalue weighted by Crippen LogP contribution is 2.34. The topological polar surface area (TPSA) is 42.4 Å². The molecule has 0 aliphatic carbocycles. The molecule has 0 N–H and O–H groups in total. The molecule has 0 saturated heterocycles. The Labute approximate surface area is 137 Å². The smallest absolute Gasteiger partial charge is 0.416 e. The number of hydrogen-bond donors (Lipinski definition) is 0. The zero-order chi connectivity index (χ0) is 17.7. The molecule has 0 spiro atoms. The van der Waals surface area contributed by atoms with E-state index in [9.17, 15) is 18.0 Å². The van der Waals surface area contributed by atoms with Gasteiger partial charge in [0.25, 0.3) is 0 Å². The van der Waals surface area contributed by atoms with Gasteiger partial charge in [0.1, 0.15) is 11.4 Å². The predicted molar refractivity (Wildman–Crippen MR) is 84.3 cm³/mol. The van der Waals surface area contributed by atoms with Gasteiger partial charge < -0.3 is 9.64 Å². The molecule has 0 aliphatic rings. The number of benzene rings is 1. The molecule has 0 radical (unpaired) electrons. The first-order chi connectivity index (χ1) is 11.4. The Morgan fingerprint density at radius 1 is 1.25 bits per heavy atom. The van der Waals surface area contributed by atoms with Crippen molar-refractivity contribution in [1.29, 1.82) is 0 Å². The monoisotopic (exact) mass is 338 g/mol. The molecule has 0 unspecified atom stereocenters. The second-order valence-corrected chi connectivity index (χ2v) is 5.07. The Morgan fingerprint density at radius 2 is 2.00 bits per heavy atom. The molecule has 1 heterocycles. The summed E-state index contributed by atoms with van der Waals surface area (Å²) in [4.78, 5) is 17.7. The summed E-state index contributed by atoms with van der Waals surface area (Å²) in [5.74, 6) is -0.322. The van der Waals surface area contributed by atoms with Crippen LogP contribution in [0.15, 0.2) is 42.6 Å². The van der Waals surface area contributed by atoms with Crippen molar-refractivity contribution < 1.29 is 22.7 Å². The molecule has 0 atom stereocenters. The van der Waals surface area contributed by atoms with Crippen LogP contribution < -0.4 is 4.90 Å². The number of alkyl halides is 3. The second kappa shape index (κ2) is 7.33. The van der Waals surface area contributed by atoms with Gasteiger partial charge in [0, 0.05) is 18.4 Å². The molecule has 0 saturated carbocycles. The minimum absolute atomic E-state index is 0.200. The summed E-state index contributed by atoms with van der Waals surface area (Å²) in [7, 11) is 1.24. The number of hydrogen-bond acceptors (Lipinski definition) is 4. The number of nitrogens with zero attached hydrogens (tertiary/aromatic N) is 2. The van der Waals surface area contributed by atoms with E-state index in [-0.39, 0.29) is 11.4 Å². The molecule has 24 heavy (non-hydrogen) atoms. The van der Waals surface area contributed by atoms with Crippen molar-refractivity contribution in [2.24, 2.45) is 0 Å². The molecule has 0 bridgehead atoms. The predicted octanol–water partition coefficient (Wildman–Crippen LogP) is 4.44. The Kier molecular flexibility index (Phi) is 5.43. The first-order valence-corrected chi connectivity index (χ1v) is 7.36. The van der Waals surface area contributed by atoms with E-state index in [0.717, 1.165) is 12.1 Å². The van der Waals surface area contributed by atoms with Gasteiger partial charge in [0.05, 0.1) is 12.7 Å². The fourth-order valence-electron chi connectivity index (χ4n) is 2.31. The molecule has 0 fully saturated rings. The van der Waals surface area contributed by atoms with Crippen LogP contribution in [0.2, 0.25) is 0 Å². The summed E-state index contributed by atoms with van der Waals surface area (Å²) in [6.45, 7) is 2.30. The average molecular weight is 338 g/mol. The average Bonchev–Trinajstić information content (AvgIpc) is 2.58. The Balaban J connectivity index is 2.54. The van der Waals surface area contributed by atoms with E-state index in [1.807, 2.05) is 6.92 Å². The normalized spacial score (nSPS) is 11.2. The summed E-state index contributed by atoms with van der Waals surface area (Å²) in [6.07, 6.45) is -2.30. The van der Waals surface area contributed by atoms with E-state index in [2.05, 4.69) is 4.98 Å². The van der Waals surface area contributed by atoms with Crippen molar-refractivity contribution in [2.45, 2.75) is 19.5 Å². The number of esters is 1. The van der Waals surface area contributed by atoms with Crippen molar-refractivity contribution in [3.63, 3.8) is 0 Å². The third-order valence-corrected chi connectivity index (χ3v) is 3.38. The van der Waals surface area contributed by atoms with Gasteiger partial charge in [-0.25, -0.2) is 9.78 Å². The van der Waals surface area contributed by atoms with Crippen molar-refractivity contribution in [3.8, 4) is 0 Å². The summed E-state index contributed by atoms with van der Waals surface area (Å²) >= 11 is 0. The van der Waals surface area contributed by atoms with E-state index in [1.165, 1.54) is 25.4 Å². The molecule has 1 aromatic carbocycles. The third-order valence-electron chi connectivity index (χ3n) is 3.38. The zero-order valence-corrected chi connectivity index (χ0v) is 13.3. The highest BCUT2D eigenvalue weighted by molar-refractivity contribution is 5.95. The van der Waals surface area contributed by atoms with E-state index in [4.69, 9.17) is 4.74 Å². The highest BCUT2D eigenvalue weighted by atomic mass is 19.4. The van der Waals surface area contributed by atoms with Crippen LogP contribution in [-0.4, -0.2) is 24.6 Å². The van der Waals surface area contributed by atoms with Gasteiger partial charge in [-0.1, -0.05) is 13.0 Å². The molecule has 4 nitrogen and oxygen atoms in total. The first kappa shape index (κ1) is 17.8. The maximum absolute atomic E-state index is 13.0. The van der Waals surface area contributed by atoms with Crippen LogP contribution in [0.25, 0.3) is 0 Å². The molecule has 0 aliphatic heterocycles. The Bertz CT molecular complexity index is 717. The standard InChI is InChI=1S/C17H17F3N2O2/c1-3-10-22(13-7-4-6-12(11-13)17(18,19)20)15-14(16(23)24-2)8-5-9-21-15/h4-9,11H,3,10H2,1-2H3. The SMILES string of the molecule is CCCN(c1cccc(C(F)(F)F)c1)c1ncccc1C(=O)OC. The van der Waals surface area contributed by atoms with Crippen LogP contribution in [0.5, 0.6) is 0 Å². The lowest BCUT2D eigenvalue weighted by atomic mass is 10.1. The van der Waals surface area contributed by atoms with E-state index < -0.39 is 17.7 Å². The van der Waals surface area contributed by atoms with Gasteiger partial charge in [-0.2, -0.15) is 13.2 Å². The maximum atomic E-state index is 13.0. The number of aromatic nitrogens is 1. The number of ether oxygens (including phenoxy) is 1. The number of halogens is 3. The number of methoxy groups -OCH3 is 1. The van der Waals surface area contributed by atoms with Crippen LogP contribution in [0.4, 0.5) is 24.7 Å². The van der Waals surface area contributed by atoms with Crippen LogP contribution in [0, 0.1) is 0 Å². The third kappa shape index (κ3) is 3.84.